The molecule has 0 bridgehead atoms. The summed E-state index contributed by atoms with van der Waals surface area (Å²) < 4.78 is 12.7. The van der Waals surface area contributed by atoms with Gasteiger partial charge in [-0.2, -0.15) is 0 Å². The van der Waals surface area contributed by atoms with E-state index in [1.165, 1.54) is 6.92 Å². The van der Waals surface area contributed by atoms with Gasteiger partial charge in [-0.3, -0.25) is 9.59 Å². The standard InChI is InChI=1S/C19H26Br2O4Si/c1-8-9-19(10-14(20)17(23)15(21)11-19)12-16(24-13(2)22)25-26(6,7)18(3,4)5/h9-11,16H,1,12H2,2-7H3. The van der Waals surface area contributed by atoms with E-state index in [1.54, 1.807) is 18.2 Å². The Balaban J connectivity index is 3.28. The zero-order chi connectivity index (χ0) is 20.3. The molecule has 1 aliphatic rings. The van der Waals surface area contributed by atoms with Gasteiger partial charge in [0.1, 0.15) is 0 Å². The van der Waals surface area contributed by atoms with Gasteiger partial charge in [0.2, 0.25) is 5.78 Å². The molecule has 4 nitrogen and oxygen atoms in total. The van der Waals surface area contributed by atoms with Crippen LogP contribution in [0, 0.1) is 5.41 Å². The summed E-state index contributed by atoms with van der Waals surface area (Å²) in [6, 6.07) is 0. The van der Waals surface area contributed by atoms with Crippen LogP contribution < -0.4 is 0 Å². The van der Waals surface area contributed by atoms with Gasteiger partial charge in [-0.25, -0.2) is 0 Å². The Labute approximate surface area is 173 Å². The average Bonchev–Trinajstić information content (AvgIpc) is 2.42. The first-order chi connectivity index (χ1) is 11.7. The maximum Gasteiger partial charge on any atom is 0.304 e. The van der Waals surface area contributed by atoms with E-state index in [4.69, 9.17) is 9.16 Å². The molecule has 0 aromatic carbocycles. The zero-order valence-electron chi connectivity index (χ0n) is 16.1. The van der Waals surface area contributed by atoms with Gasteiger partial charge >= 0.3 is 5.97 Å². The Hall–Kier alpha value is -0.723. The lowest BCUT2D eigenvalue weighted by atomic mass is 9.80. The van der Waals surface area contributed by atoms with Crippen LogP contribution in [0.4, 0.5) is 0 Å². The lowest BCUT2D eigenvalue weighted by Crippen LogP contribution is -2.46. The molecular weight excluding hydrogens is 480 g/mol. The van der Waals surface area contributed by atoms with Gasteiger partial charge in [-0.05, 0) is 56.1 Å². The number of ketones is 1. The summed E-state index contributed by atoms with van der Waals surface area (Å²) in [7, 11) is -2.18. The van der Waals surface area contributed by atoms with Crippen LogP contribution in [0.1, 0.15) is 34.1 Å². The fraction of sp³-hybridized carbons (Fsp3) is 0.526. The lowest BCUT2D eigenvalue weighted by molar-refractivity contribution is -0.164. The SMILES string of the molecule is C=C=CC1(CC(OC(C)=O)O[Si](C)(C)C(C)(C)C)C=C(Br)C(=O)C(Br)=C1. The van der Waals surface area contributed by atoms with Crippen LogP contribution >= 0.6 is 31.9 Å². The summed E-state index contributed by atoms with van der Waals surface area (Å²) in [4.78, 5) is 23.7. The van der Waals surface area contributed by atoms with E-state index in [-0.39, 0.29) is 10.8 Å². The van der Waals surface area contributed by atoms with Gasteiger partial charge in [0.25, 0.3) is 0 Å². The summed E-state index contributed by atoms with van der Waals surface area (Å²) in [5.41, 5.74) is 2.07. The minimum Gasteiger partial charge on any atom is -0.437 e. The molecule has 0 amide bonds. The second kappa shape index (κ2) is 8.53. The predicted octanol–water partition coefficient (Wildman–Crippen LogP) is 5.76. The largest absolute Gasteiger partial charge is 0.437 e. The molecule has 0 aliphatic heterocycles. The molecule has 144 valence electrons. The maximum atomic E-state index is 12.1. The van der Waals surface area contributed by atoms with Crippen LogP contribution in [-0.4, -0.2) is 26.4 Å². The predicted molar refractivity (Wildman–Crippen MR) is 114 cm³/mol. The molecule has 1 unspecified atom stereocenters. The highest BCUT2D eigenvalue weighted by atomic mass is 79.9. The van der Waals surface area contributed by atoms with Gasteiger partial charge in [0.15, 0.2) is 14.6 Å². The fourth-order valence-electron chi connectivity index (χ4n) is 2.30. The maximum absolute atomic E-state index is 12.1. The summed E-state index contributed by atoms with van der Waals surface area (Å²) in [5.74, 6) is -0.558. The van der Waals surface area contributed by atoms with E-state index < -0.39 is 26.0 Å². The smallest absolute Gasteiger partial charge is 0.304 e. The van der Waals surface area contributed by atoms with Crippen molar-refractivity contribution < 1.29 is 18.8 Å². The normalized spacial score (nSPS) is 18.4. The highest BCUT2D eigenvalue weighted by molar-refractivity contribution is 9.13. The lowest BCUT2D eigenvalue weighted by Gasteiger charge is -2.40. The molecule has 1 atom stereocenters. The number of hydrogen-bond acceptors (Lipinski definition) is 4. The van der Waals surface area contributed by atoms with E-state index in [9.17, 15) is 9.59 Å². The zero-order valence-corrected chi connectivity index (χ0v) is 20.3. The third kappa shape index (κ3) is 5.89. The number of hydrogen-bond donors (Lipinski definition) is 0. The Kier molecular flexibility index (Phi) is 7.65. The van der Waals surface area contributed by atoms with Crippen molar-refractivity contribution in [3.05, 3.63) is 39.5 Å². The van der Waals surface area contributed by atoms with Gasteiger partial charge in [-0.15, -0.1) is 5.73 Å². The Morgan fingerprint density at radius 1 is 1.35 bits per heavy atom. The van der Waals surface area contributed by atoms with E-state index in [0.29, 0.717) is 15.4 Å². The third-order valence-corrected chi connectivity index (χ3v) is 10.3. The van der Waals surface area contributed by atoms with Crippen molar-refractivity contribution in [2.45, 2.75) is 58.5 Å². The number of ether oxygens (including phenoxy) is 1. The van der Waals surface area contributed by atoms with Gasteiger partial charge in [-0.1, -0.05) is 39.5 Å². The number of esters is 1. The molecule has 26 heavy (non-hydrogen) atoms. The molecule has 0 spiro atoms. The van der Waals surface area contributed by atoms with Crippen molar-refractivity contribution in [2.24, 2.45) is 5.41 Å². The van der Waals surface area contributed by atoms with Crippen molar-refractivity contribution in [1.29, 1.82) is 0 Å². The Bertz CT molecular complexity index is 673. The molecule has 1 aliphatic carbocycles. The second-order valence-electron chi connectivity index (χ2n) is 7.90. The number of Topliss-reactive ketones (excluding diaryl/α,β-unsaturated/α-hetero) is 1. The monoisotopic (exact) mass is 504 g/mol. The van der Waals surface area contributed by atoms with Crippen molar-refractivity contribution in [1.82, 2.24) is 0 Å². The molecule has 0 heterocycles. The molecule has 0 fully saturated rings. The van der Waals surface area contributed by atoms with E-state index in [2.05, 4.69) is 78.0 Å². The quantitative estimate of drug-likeness (QED) is 0.199. The van der Waals surface area contributed by atoms with Crippen LogP contribution in [0.5, 0.6) is 0 Å². The second-order valence-corrected chi connectivity index (χ2v) is 14.4. The van der Waals surface area contributed by atoms with Crippen LogP contribution in [0.15, 0.2) is 39.5 Å². The van der Waals surface area contributed by atoms with E-state index in [1.807, 2.05) is 0 Å². The first kappa shape index (κ1) is 23.3. The van der Waals surface area contributed by atoms with Crippen LogP contribution in [0.2, 0.25) is 18.1 Å². The number of carbonyl (C=O) groups excluding carboxylic acids is 2. The number of carbonyl (C=O) groups is 2. The number of rotatable bonds is 6. The van der Waals surface area contributed by atoms with Crippen molar-refractivity contribution in [3.8, 4) is 0 Å². The first-order valence-electron chi connectivity index (χ1n) is 8.26. The average molecular weight is 506 g/mol. The molecule has 1 rings (SSSR count). The van der Waals surface area contributed by atoms with E-state index >= 15 is 0 Å². The molecule has 0 saturated heterocycles. The van der Waals surface area contributed by atoms with Crippen LogP contribution in [0.3, 0.4) is 0 Å². The minimum absolute atomic E-state index is 0.0395. The van der Waals surface area contributed by atoms with Crippen LogP contribution in [0.25, 0.3) is 0 Å². The molecule has 0 aromatic heterocycles. The Morgan fingerprint density at radius 2 is 1.85 bits per heavy atom. The van der Waals surface area contributed by atoms with Gasteiger partial charge in [0, 0.05) is 18.8 Å². The molecule has 0 N–H and O–H groups in total. The fourth-order valence-corrected chi connectivity index (χ4v) is 4.98. The number of allylic oxidation sites excluding steroid dienone is 5. The summed E-state index contributed by atoms with van der Waals surface area (Å²) >= 11 is 6.61. The summed E-state index contributed by atoms with van der Waals surface area (Å²) in [5, 5.41) is -0.0395. The summed E-state index contributed by atoms with van der Waals surface area (Å²) in [6.45, 7) is 15.6. The van der Waals surface area contributed by atoms with E-state index in [0.717, 1.165) is 0 Å². The molecule has 0 saturated carbocycles. The highest BCUT2D eigenvalue weighted by Gasteiger charge is 2.42. The molecular formula is C19H26Br2O4Si. The van der Waals surface area contributed by atoms with Crippen molar-refractivity contribution >= 4 is 51.9 Å². The molecule has 0 aromatic rings. The van der Waals surface area contributed by atoms with Crippen LogP contribution in [-0.2, 0) is 18.8 Å². The minimum atomic E-state index is -2.18. The third-order valence-electron chi connectivity index (χ3n) is 4.65. The number of halogens is 2. The van der Waals surface area contributed by atoms with Gasteiger partial charge < -0.3 is 9.16 Å². The van der Waals surface area contributed by atoms with Crippen molar-refractivity contribution in [2.75, 3.05) is 0 Å². The first-order valence-corrected chi connectivity index (χ1v) is 12.8. The van der Waals surface area contributed by atoms with Gasteiger partial charge in [0.05, 0.1) is 8.96 Å². The summed E-state index contributed by atoms with van der Waals surface area (Å²) in [6.07, 6.45) is 4.85. The topological polar surface area (TPSA) is 52.6 Å². The molecule has 7 heteroatoms. The highest BCUT2D eigenvalue weighted by Crippen LogP contribution is 2.43. The molecule has 0 radical (unpaired) electrons. The van der Waals surface area contributed by atoms with Crippen molar-refractivity contribution in [3.63, 3.8) is 0 Å². The Morgan fingerprint density at radius 3 is 2.23 bits per heavy atom.